The molecule has 1 aromatic heterocycles. The van der Waals surface area contributed by atoms with E-state index in [0.29, 0.717) is 6.04 Å². The molecule has 0 spiro atoms. The molecule has 2 saturated heterocycles. The molecule has 3 heterocycles. The summed E-state index contributed by atoms with van der Waals surface area (Å²) in [5.74, 6) is 0.736. The van der Waals surface area contributed by atoms with E-state index in [1.807, 2.05) is 11.3 Å². The van der Waals surface area contributed by atoms with Crippen molar-refractivity contribution in [2.75, 3.05) is 39.4 Å². The predicted molar refractivity (Wildman–Crippen MR) is 91.4 cm³/mol. The Balaban J connectivity index is 1.59. The van der Waals surface area contributed by atoms with E-state index in [1.54, 1.807) is 0 Å². The van der Waals surface area contributed by atoms with Gasteiger partial charge in [-0.2, -0.15) is 0 Å². The molecule has 3 rings (SSSR count). The Hall–Kier alpha value is -0.490. The molecule has 0 radical (unpaired) electrons. The molecule has 0 saturated carbocycles. The summed E-state index contributed by atoms with van der Waals surface area (Å²) in [5, 5.41) is 1.26. The molecule has 0 N–H and O–H groups in total. The second kappa shape index (κ2) is 6.56. The van der Waals surface area contributed by atoms with Crippen LogP contribution in [0, 0.1) is 5.92 Å². The van der Waals surface area contributed by atoms with Crippen molar-refractivity contribution in [2.24, 2.45) is 5.92 Å². The minimum absolute atomic E-state index is 0.213. The standard InChI is InChI=1S/C17H29N3OS/c1-13-10-19(11-14(13)20-5-7-21-8-6-20)12-16-18-9-15(22-16)17(2,3)4/h9,13-14H,5-8,10-12H2,1-4H3/t13-,14+/m0/s1. The fourth-order valence-corrected chi connectivity index (χ4v) is 4.50. The van der Waals surface area contributed by atoms with Crippen LogP contribution in [0.1, 0.15) is 37.6 Å². The van der Waals surface area contributed by atoms with E-state index in [1.165, 1.54) is 23.0 Å². The van der Waals surface area contributed by atoms with Crippen LogP contribution >= 0.6 is 11.3 Å². The van der Waals surface area contributed by atoms with Crippen molar-refractivity contribution in [3.63, 3.8) is 0 Å². The Morgan fingerprint density at radius 2 is 2.00 bits per heavy atom. The van der Waals surface area contributed by atoms with Gasteiger partial charge < -0.3 is 4.74 Å². The van der Waals surface area contributed by atoms with Crippen molar-refractivity contribution in [1.29, 1.82) is 0 Å². The maximum absolute atomic E-state index is 5.49. The average molecular weight is 324 g/mol. The van der Waals surface area contributed by atoms with E-state index >= 15 is 0 Å². The van der Waals surface area contributed by atoms with Crippen LogP contribution < -0.4 is 0 Å². The smallest absolute Gasteiger partial charge is 0.107 e. The van der Waals surface area contributed by atoms with Crippen LogP contribution in [0.2, 0.25) is 0 Å². The molecular formula is C17H29N3OS. The maximum Gasteiger partial charge on any atom is 0.107 e. The highest BCUT2D eigenvalue weighted by Gasteiger charge is 2.34. The van der Waals surface area contributed by atoms with Gasteiger partial charge in [-0.25, -0.2) is 4.98 Å². The highest BCUT2D eigenvalue weighted by atomic mass is 32.1. The third-order valence-corrected chi connectivity index (χ3v) is 6.22. The van der Waals surface area contributed by atoms with E-state index in [9.17, 15) is 0 Å². The van der Waals surface area contributed by atoms with Crippen LogP contribution in [-0.2, 0) is 16.7 Å². The lowest BCUT2D eigenvalue weighted by Crippen LogP contribution is -2.46. The first-order valence-electron chi connectivity index (χ1n) is 8.43. The van der Waals surface area contributed by atoms with Gasteiger partial charge in [0.15, 0.2) is 0 Å². The van der Waals surface area contributed by atoms with Crippen LogP contribution in [0.3, 0.4) is 0 Å². The average Bonchev–Trinajstić information content (AvgIpc) is 3.07. The van der Waals surface area contributed by atoms with Gasteiger partial charge in [0.2, 0.25) is 0 Å². The normalized spacial score (nSPS) is 28.4. The fourth-order valence-electron chi connectivity index (χ4n) is 3.48. The molecule has 2 aliphatic heterocycles. The summed E-state index contributed by atoms with van der Waals surface area (Å²) in [6, 6.07) is 0.686. The zero-order valence-corrected chi connectivity index (χ0v) is 15.2. The monoisotopic (exact) mass is 323 g/mol. The van der Waals surface area contributed by atoms with Crippen LogP contribution in [-0.4, -0.2) is 60.2 Å². The number of aromatic nitrogens is 1. The predicted octanol–water partition coefficient (Wildman–Crippen LogP) is 2.59. The van der Waals surface area contributed by atoms with E-state index in [4.69, 9.17) is 4.74 Å². The third kappa shape index (κ3) is 3.70. The van der Waals surface area contributed by atoms with Gasteiger partial charge in [0.1, 0.15) is 5.01 Å². The van der Waals surface area contributed by atoms with Gasteiger partial charge in [0.25, 0.3) is 0 Å². The lowest BCUT2D eigenvalue weighted by Gasteiger charge is -2.34. The van der Waals surface area contributed by atoms with E-state index in [-0.39, 0.29) is 5.41 Å². The molecule has 1 aromatic rings. The molecule has 124 valence electrons. The van der Waals surface area contributed by atoms with Gasteiger partial charge in [-0.1, -0.05) is 27.7 Å². The lowest BCUT2D eigenvalue weighted by molar-refractivity contribution is 0.0118. The van der Waals surface area contributed by atoms with E-state index < -0.39 is 0 Å². The quantitative estimate of drug-likeness (QED) is 0.855. The lowest BCUT2D eigenvalue weighted by atomic mass is 9.96. The minimum Gasteiger partial charge on any atom is -0.379 e. The van der Waals surface area contributed by atoms with Crippen LogP contribution in [0.4, 0.5) is 0 Å². The molecule has 0 unspecified atom stereocenters. The summed E-state index contributed by atoms with van der Waals surface area (Å²) in [4.78, 5) is 11.2. The number of thiazole rings is 1. The summed E-state index contributed by atoms with van der Waals surface area (Å²) in [6.45, 7) is 16.5. The molecule has 5 heteroatoms. The summed E-state index contributed by atoms with van der Waals surface area (Å²) in [7, 11) is 0. The number of hydrogen-bond donors (Lipinski definition) is 0. The third-order valence-electron chi connectivity index (χ3n) is 4.81. The van der Waals surface area contributed by atoms with Crippen LogP contribution in [0.5, 0.6) is 0 Å². The summed E-state index contributed by atoms with van der Waals surface area (Å²) in [6.07, 6.45) is 2.07. The molecule has 0 aromatic carbocycles. The molecule has 2 fully saturated rings. The molecule has 0 bridgehead atoms. The van der Waals surface area contributed by atoms with E-state index in [0.717, 1.165) is 38.8 Å². The Morgan fingerprint density at radius 3 is 2.64 bits per heavy atom. The largest absolute Gasteiger partial charge is 0.379 e. The van der Waals surface area contributed by atoms with Crippen molar-refractivity contribution in [1.82, 2.24) is 14.8 Å². The number of morpholine rings is 1. The molecule has 4 nitrogen and oxygen atoms in total. The molecule has 0 amide bonds. The Kier molecular flexibility index (Phi) is 4.88. The van der Waals surface area contributed by atoms with E-state index in [2.05, 4.69) is 48.7 Å². The Labute approximate surface area is 138 Å². The van der Waals surface area contributed by atoms with Gasteiger partial charge in [-0.15, -0.1) is 11.3 Å². The molecular weight excluding hydrogens is 294 g/mol. The zero-order valence-electron chi connectivity index (χ0n) is 14.3. The first kappa shape index (κ1) is 16.4. The topological polar surface area (TPSA) is 28.6 Å². The van der Waals surface area contributed by atoms with Crippen molar-refractivity contribution < 1.29 is 4.74 Å². The first-order chi connectivity index (χ1) is 10.4. The number of likely N-dealkylation sites (tertiary alicyclic amines) is 1. The number of ether oxygens (including phenoxy) is 1. The molecule has 0 aliphatic carbocycles. The highest BCUT2D eigenvalue weighted by Crippen LogP contribution is 2.30. The van der Waals surface area contributed by atoms with Crippen LogP contribution in [0.15, 0.2) is 6.20 Å². The van der Waals surface area contributed by atoms with Gasteiger partial charge in [0.05, 0.1) is 19.8 Å². The zero-order chi connectivity index (χ0) is 15.7. The van der Waals surface area contributed by atoms with Gasteiger partial charge in [-0.05, 0) is 11.3 Å². The number of rotatable bonds is 3. The minimum atomic E-state index is 0.213. The van der Waals surface area contributed by atoms with Crippen molar-refractivity contribution in [3.8, 4) is 0 Å². The van der Waals surface area contributed by atoms with Crippen molar-refractivity contribution in [2.45, 2.75) is 45.7 Å². The Bertz CT molecular complexity index is 490. The highest BCUT2D eigenvalue weighted by molar-refractivity contribution is 7.11. The molecule has 2 aliphatic rings. The van der Waals surface area contributed by atoms with Gasteiger partial charge in [-0.3, -0.25) is 9.80 Å². The molecule has 2 atom stereocenters. The number of hydrogen-bond acceptors (Lipinski definition) is 5. The number of nitrogens with zero attached hydrogens (tertiary/aromatic N) is 3. The summed E-state index contributed by atoms with van der Waals surface area (Å²) >= 11 is 1.88. The second-order valence-electron chi connectivity index (χ2n) is 7.76. The SMILES string of the molecule is C[C@H]1CN(Cc2ncc(C(C)(C)C)s2)C[C@H]1N1CCOCC1. The first-order valence-corrected chi connectivity index (χ1v) is 9.24. The van der Waals surface area contributed by atoms with Crippen molar-refractivity contribution in [3.05, 3.63) is 16.1 Å². The molecule has 22 heavy (non-hydrogen) atoms. The summed E-state index contributed by atoms with van der Waals surface area (Å²) in [5.41, 5.74) is 0.213. The van der Waals surface area contributed by atoms with Gasteiger partial charge in [0, 0.05) is 43.3 Å². The van der Waals surface area contributed by atoms with Gasteiger partial charge >= 0.3 is 0 Å². The summed E-state index contributed by atoms with van der Waals surface area (Å²) < 4.78 is 5.49. The maximum atomic E-state index is 5.49. The van der Waals surface area contributed by atoms with Crippen LogP contribution in [0.25, 0.3) is 0 Å². The fraction of sp³-hybridized carbons (Fsp3) is 0.824. The second-order valence-corrected chi connectivity index (χ2v) is 8.87. The Morgan fingerprint density at radius 1 is 1.27 bits per heavy atom. The van der Waals surface area contributed by atoms with Crippen molar-refractivity contribution >= 4 is 11.3 Å².